The van der Waals surface area contributed by atoms with Crippen molar-refractivity contribution in [2.75, 3.05) is 0 Å². The molecule has 0 bridgehead atoms. The van der Waals surface area contributed by atoms with E-state index in [1.807, 2.05) is 13.8 Å². The highest BCUT2D eigenvalue weighted by atomic mass is 16.1. The molecule has 4 heteroatoms. The van der Waals surface area contributed by atoms with Gasteiger partial charge in [-0.15, -0.1) is 0 Å². The highest BCUT2D eigenvalue weighted by Crippen LogP contribution is 2.38. The van der Waals surface area contributed by atoms with Crippen molar-refractivity contribution in [3.8, 4) is 6.07 Å². The van der Waals surface area contributed by atoms with E-state index >= 15 is 0 Å². The highest BCUT2D eigenvalue weighted by molar-refractivity contribution is 6.04. The molecule has 4 nitrogen and oxygen atoms in total. The number of hydrogen-bond donors (Lipinski definition) is 1. The van der Waals surface area contributed by atoms with Crippen LogP contribution in [0.4, 0.5) is 0 Å². The standard InChI is InChI=1S/C12H16N2O2/c1-7-4-12(2,3)5-9(15)10(7)8(6-13)11(14)16/h8H,4-5H2,1-3H3,(H2,14,16). The van der Waals surface area contributed by atoms with Gasteiger partial charge in [-0.05, 0) is 18.8 Å². The topological polar surface area (TPSA) is 83.9 Å². The van der Waals surface area contributed by atoms with E-state index in [1.54, 1.807) is 13.0 Å². The molecule has 0 heterocycles. The lowest BCUT2D eigenvalue weighted by Gasteiger charge is -2.31. The number of Topliss-reactive ketones (excluding diaryl/α,β-unsaturated/α-hetero) is 1. The van der Waals surface area contributed by atoms with E-state index < -0.39 is 11.8 Å². The van der Waals surface area contributed by atoms with Gasteiger partial charge in [-0.1, -0.05) is 19.4 Å². The first-order chi connectivity index (χ1) is 7.28. The lowest BCUT2D eigenvalue weighted by atomic mass is 9.71. The van der Waals surface area contributed by atoms with Crippen LogP contribution in [-0.2, 0) is 9.59 Å². The first kappa shape index (κ1) is 12.4. The summed E-state index contributed by atoms with van der Waals surface area (Å²) in [6, 6.07) is 1.81. The number of ketones is 1. The first-order valence-corrected chi connectivity index (χ1v) is 5.20. The van der Waals surface area contributed by atoms with Crippen molar-refractivity contribution >= 4 is 11.7 Å². The summed E-state index contributed by atoms with van der Waals surface area (Å²) >= 11 is 0. The summed E-state index contributed by atoms with van der Waals surface area (Å²) in [5.74, 6) is -1.97. The Hall–Kier alpha value is -1.63. The molecule has 0 saturated carbocycles. The fraction of sp³-hybridized carbons (Fsp3) is 0.583. The van der Waals surface area contributed by atoms with Crippen LogP contribution in [-0.4, -0.2) is 11.7 Å². The van der Waals surface area contributed by atoms with Crippen molar-refractivity contribution in [3.05, 3.63) is 11.1 Å². The molecular formula is C12H16N2O2. The zero-order valence-electron chi connectivity index (χ0n) is 9.83. The molecule has 86 valence electrons. The average molecular weight is 220 g/mol. The fourth-order valence-electron chi connectivity index (χ4n) is 2.32. The highest BCUT2D eigenvalue weighted by Gasteiger charge is 2.36. The predicted molar refractivity (Wildman–Crippen MR) is 59.0 cm³/mol. The smallest absolute Gasteiger partial charge is 0.239 e. The van der Waals surface area contributed by atoms with E-state index in [0.29, 0.717) is 12.0 Å². The van der Waals surface area contributed by atoms with Gasteiger partial charge in [-0.2, -0.15) is 5.26 Å². The van der Waals surface area contributed by atoms with E-state index in [4.69, 9.17) is 11.0 Å². The average Bonchev–Trinajstić information content (AvgIpc) is 2.08. The van der Waals surface area contributed by atoms with Gasteiger partial charge in [0.25, 0.3) is 0 Å². The molecule has 0 aromatic carbocycles. The van der Waals surface area contributed by atoms with Crippen LogP contribution in [0.5, 0.6) is 0 Å². The number of rotatable bonds is 2. The lowest BCUT2D eigenvalue weighted by Crippen LogP contribution is -2.33. The second-order valence-electron chi connectivity index (χ2n) is 5.10. The molecule has 0 spiro atoms. The van der Waals surface area contributed by atoms with Crippen LogP contribution in [0.1, 0.15) is 33.6 Å². The minimum atomic E-state index is -1.09. The largest absolute Gasteiger partial charge is 0.368 e. The summed E-state index contributed by atoms with van der Waals surface area (Å²) in [6.07, 6.45) is 1.09. The van der Waals surface area contributed by atoms with Crippen molar-refractivity contribution in [3.63, 3.8) is 0 Å². The summed E-state index contributed by atoms with van der Waals surface area (Å²) in [6.45, 7) is 5.79. The minimum Gasteiger partial charge on any atom is -0.368 e. The van der Waals surface area contributed by atoms with Crippen molar-refractivity contribution < 1.29 is 9.59 Å². The number of hydrogen-bond acceptors (Lipinski definition) is 3. The van der Waals surface area contributed by atoms with Gasteiger partial charge < -0.3 is 5.73 Å². The first-order valence-electron chi connectivity index (χ1n) is 5.20. The zero-order valence-corrected chi connectivity index (χ0v) is 9.83. The lowest BCUT2D eigenvalue weighted by molar-refractivity contribution is -0.123. The maximum atomic E-state index is 11.9. The molecular weight excluding hydrogens is 204 g/mol. The molecule has 1 atom stereocenters. The molecule has 0 aromatic rings. The monoisotopic (exact) mass is 220 g/mol. The fourth-order valence-corrected chi connectivity index (χ4v) is 2.32. The molecule has 16 heavy (non-hydrogen) atoms. The molecule has 0 aliphatic heterocycles. The SMILES string of the molecule is CC1=C(C(C#N)C(N)=O)C(=O)CC(C)(C)C1. The van der Waals surface area contributed by atoms with Gasteiger partial charge in [0.2, 0.25) is 5.91 Å². The van der Waals surface area contributed by atoms with Crippen molar-refractivity contribution in [2.24, 2.45) is 17.1 Å². The Morgan fingerprint density at radius 3 is 2.44 bits per heavy atom. The number of amides is 1. The van der Waals surface area contributed by atoms with Crippen LogP contribution in [0.15, 0.2) is 11.1 Å². The molecule has 0 fully saturated rings. The van der Waals surface area contributed by atoms with Gasteiger partial charge in [0.15, 0.2) is 11.7 Å². The summed E-state index contributed by atoms with van der Waals surface area (Å²) in [5, 5.41) is 8.88. The quantitative estimate of drug-likeness (QED) is 0.761. The molecule has 1 unspecified atom stereocenters. The minimum absolute atomic E-state index is 0.0949. The van der Waals surface area contributed by atoms with E-state index in [1.165, 1.54) is 0 Å². The summed E-state index contributed by atoms with van der Waals surface area (Å²) in [4.78, 5) is 23.0. The summed E-state index contributed by atoms with van der Waals surface area (Å²) < 4.78 is 0. The van der Waals surface area contributed by atoms with Gasteiger partial charge in [-0.25, -0.2) is 0 Å². The Morgan fingerprint density at radius 1 is 1.50 bits per heavy atom. The molecule has 0 aromatic heterocycles. The van der Waals surface area contributed by atoms with Gasteiger partial charge in [0.1, 0.15) is 0 Å². The Balaban J connectivity index is 3.18. The Morgan fingerprint density at radius 2 is 2.06 bits per heavy atom. The molecule has 0 saturated heterocycles. The van der Waals surface area contributed by atoms with Gasteiger partial charge >= 0.3 is 0 Å². The zero-order chi connectivity index (χ0) is 12.5. The van der Waals surface area contributed by atoms with Crippen LogP contribution in [0, 0.1) is 22.7 Å². The van der Waals surface area contributed by atoms with Crippen LogP contribution in [0.25, 0.3) is 0 Å². The number of nitrogens with two attached hydrogens (primary N) is 1. The van der Waals surface area contributed by atoms with E-state index in [2.05, 4.69) is 0 Å². The van der Waals surface area contributed by atoms with Crippen LogP contribution in [0.2, 0.25) is 0 Å². The second-order valence-corrected chi connectivity index (χ2v) is 5.10. The van der Waals surface area contributed by atoms with Gasteiger partial charge in [0.05, 0.1) is 6.07 Å². The number of nitrogens with zero attached hydrogens (tertiary/aromatic N) is 1. The third-order valence-corrected chi connectivity index (χ3v) is 2.85. The van der Waals surface area contributed by atoms with Crippen molar-refractivity contribution in [2.45, 2.75) is 33.6 Å². The third kappa shape index (κ3) is 2.30. The molecule has 1 aliphatic rings. The van der Waals surface area contributed by atoms with E-state index in [9.17, 15) is 9.59 Å². The molecule has 1 aliphatic carbocycles. The number of carbonyl (C=O) groups is 2. The summed E-state index contributed by atoms with van der Waals surface area (Å²) in [5.41, 5.74) is 6.15. The third-order valence-electron chi connectivity index (χ3n) is 2.85. The van der Waals surface area contributed by atoms with Crippen molar-refractivity contribution in [1.82, 2.24) is 0 Å². The number of primary amides is 1. The van der Waals surface area contributed by atoms with E-state index in [-0.39, 0.29) is 11.2 Å². The predicted octanol–water partition coefficient (Wildman–Crippen LogP) is 1.32. The molecule has 0 radical (unpaired) electrons. The molecule has 1 amide bonds. The van der Waals surface area contributed by atoms with Crippen LogP contribution in [0.3, 0.4) is 0 Å². The molecule has 1 rings (SSSR count). The Kier molecular flexibility index (Phi) is 3.18. The van der Waals surface area contributed by atoms with Crippen LogP contribution >= 0.6 is 0 Å². The maximum absolute atomic E-state index is 11.9. The van der Waals surface area contributed by atoms with Crippen molar-refractivity contribution in [1.29, 1.82) is 5.26 Å². The number of allylic oxidation sites excluding steroid dienone is 1. The van der Waals surface area contributed by atoms with Crippen LogP contribution < -0.4 is 5.73 Å². The number of nitriles is 1. The normalized spacial score (nSPS) is 21.5. The summed E-state index contributed by atoms with van der Waals surface area (Å²) in [7, 11) is 0. The van der Waals surface area contributed by atoms with Gasteiger partial charge in [0, 0.05) is 12.0 Å². The van der Waals surface area contributed by atoms with E-state index in [0.717, 1.165) is 12.0 Å². The van der Waals surface area contributed by atoms with Gasteiger partial charge in [-0.3, -0.25) is 9.59 Å². The second kappa shape index (κ2) is 4.09. The Bertz CT molecular complexity index is 413. The molecule has 2 N–H and O–H groups in total. The maximum Gasteiger partial charge on any atom is 0.239 e. The Labute approximate surface area is 95.1 Å². The number of carbonyl (C=O) groups excluding carboxylic acids is 2.